The number of carbonyl (C=O) groups is 1. The number of rotatable bonds is 3. The molecule has 19 heavy (non-hydrogen) atoms. The Morgan fingerprint density at radius 2 is 2.26 bits per heavy atom. The number of anilines is 1. The van der Waals surface area contributed by atoms with Crippen LogP contribution >= 0.6 is 15.9 Å². The zero-order valence-electron chi connectivity index (χ0n) is 9.76. The Kier molecular flexibility index (Phi) is 4.04. The lowest BCUT2D eigenvalue weighted by atomic mass is 10.4. The molecule has 1 aliphatic heterocycles. The van der Waals surface area contributed by atoms with Gasteiger partial charge in [0, 0.05) is 23.8 Å². The molecule has 0 unspecified atom stereocenters. The maximum atomic E-state index is 12.5. The second-order valence-electron chi connectivity index (χ2n) is 3.83. The van der Waals surface area contributed by atoms with Crippen LogP contribution in [0, 0.1) is 0 Å². The van der Waals surface area contributed by atoms with Crippen molar-refractivity contribution in [3.05, 3.63) is 16.7 Å². The Bertz CT molecular complexity index is 606. The number of pyridine rings is 1. The Hall–Kier alpha value is -1.23. The lowest BCUT2D eigenvalue weighted by Crippen LogP contribution is -2.49. The van der Waals surface area contributed by atoms with Crippen molar-refractivity contribution in [2.24, 2.45) is 5.84 Å². The van der Waals surface area contributed by atoms with Crippen molar-refractivity contribution in [2.45, 2.75) is 4.90 Å². The average molecular weight is 350 g/mol. The van der Waals surface area contributed by atoms with Crippen LogP contribution in [-0.4, -0.2) is 43.2 Å². The van der Waals surface area contributed by atoms with E-state index in [4.69, 9.17) is 5.84 Å². The number of hydrogen-bond donors (Lipinski definition) is 3. The molecule has 0 saturated carbocycles. The molecule has 104 valence electrons. The number of hydrazine groups is 1. The molecule has 8 nitrogen and oxygen atoms in total. The average Bonchev–Trinajstić information content (AvgIpc) is 2.38. The molecule has 2 rings (SSSR count). The van der Waals surface area contributed by atoms with E-state index in [0.717, 1.165) is 4.31 Å². The van der Waals surface area contributed by atoms with Crippen molar-refractivity contribution in [3.8, 4) is 0 Å². The second kappa shape index (κ2) is 5.41. The predicted molar refractivity (Wildman–Crippen MR) is 71.5 cm³/mol. The largest absolute Gasteiger partial charge is 0.354 e. The van der Waals surface area contributed by atoms with Crippen LogP contribution in [-0.2, 0) is 14.8 Å². The number of nitrogens with zero attached hydrogens (tertiary/aromatic N) is 2. The highest BCUT2D eigenvalue weighted by molar-refractivity contribution is 9.10. The highest BCUT2D eigenvalue weighted by atomic mass is 79.9. The Morgan fingerprint density at radius 3 is 2.89 bits per heavy atom. The number of nitrogens with two attached hydrogens (primary N) is 1. The van der Waals surface area contributed by atoms with Gasteiger partial charge < -0.3 is 10.7 Å². The van der Waals surface area contributed by atoms with Gasteiger partial charge in [0.1, 0.15) is 4.90 Å². The molecule has 0 atom stereocenters. The normalized spacial score (nSPS) is 17.1. The molecule has 0 radical (unpaired) electrons. The smallest absolute Gasteiger partial charge is 0.247 e. The fraction of sp³-hybridized carbons (Fsp3) is 0.333. The van der Waals surface area contributed by atoms with Crippen LogP contribution in [0.15, 0.2) is 21.6 Å². The monoisotopic (exact) mass is 349 g/mol. The Balaban J connectivity index is 2.44. The van der Waals surface area contributed by atoms with E-state index in [0.29, 0.717) is 4.47 Å². The maximum absolute atomic E-state index is 12.5. The van der Waals surface area contributed by atoms with Gasteiger partial charge >= 0.3 is 0 Å². The number of amides is 1. The number of carbonyl (C=O) groups excluding carboxylic acids is 1. The van der Waals surface area contributed by atoms with Gasteiger partial charge in [-0.3, -0.25) is 4.79 Å². The highest BCUT2D eigenvalue weighted by Crippen LogP contribution is 2.25. The highest BCUT2D eigenvalue weighted by Gasteiger charge is 2.31. The first-order chi connectivity index (χ1) is 8.95. The van der Waals surface area contributed by atoms with Gasteiger partial charge in [0.05, 0.1) is 6.54 Å². The standard InChI is InChI=1S/C9H12BrN5O3S/c10-6-3-7(9(14-11)13-4-6)19(17,18)15-2-1-12-8(16)5-15/h3-4H,1-2,5,11H2,(H,12,16)(H,13,14). The molecule has 1 aromatic heterocycles. The van der Waals surface area contributed by atoms with Crippen LogP contribution in [0.25, 0.3) is 0 Å². The molecule has 1 aliphatic rings. The molecule has 2 heterocycles. The molecule has 0 aliphatic carbocycles. The van der Waals surface area contributed by atoms with E-state index in [1.54, 1.807) is 0 Å². The predicted octanol–water partition coefficient (Wildman–Crippen LogP) is -0.750. The van der Waals surface area contributed by atoms with Crippen molar-refractivity contribution in [1.29, 1.82) is 0 Å². The van der Waals surface area contributed by atoms with E-state index < -0.39 is 10.0 Å². The van der Waals surface area contributed by atoms with Crippen LogP contribution in [0.1, 0.15) is 0 Å². The summed E-state index contributed by atoms with van der Waals surface area (Å²) in [5.74, 6) is 4.97. The molecule has 10 heteroatoms. The Labute approximate surface area is 118 Å². The Morgan fingerprint density at radius 1 is 1.53 bits per heavy atom. The molecule has 1 aromatic rings. The number of halogens is 1. The molecule has 1 fully saturated rings. The quantitative estimate of drug-likeness (QED) is 0.488. The topological polar surface area (TPSA) is 117 Å². The minimum absolute atomic E-state index is 0.0363. The molecule has 4 N–H and O–H groups in total. The van der Waals surface area contributed by atoms with Crippen LogP contribution in [0.2, 0.25) is 0 Å². The van der Waals surface area contributed by atoms with Gasteiger partial charge in [-0.15, -0.1) is 0 Å². The SMILES string of the molecule is NNc1ncc(Br)cc1S(=O)(=O)N1CCNC(=O)C1. The molecular weight excluding hydrogens is 338 g/mol. The van der Waals surface area contributed by atoms with E-state index in [1.807, 2.05) is 0 Å². The van der Waals surface area contributed by atoms with Crippen molar-refractivity contribution in [2.75, 3.05) is 25.1 Å². The van der Waals surface area contributed by atoms with Crippen LogP contribution < -0.4 is 16.6 Å². The summed E-state index contributed by atoms with van der Waals surface area (Å²) < 4.78 is 26.5. The van der Waals surface area contributed by atoms with Crippen molar-refractivity contribution < 1.29 is 13.2 Å². The van der Waals surface area contributed by atoms with Crippen LogP contribution in [0.3, 0.4) is 0 Å². The lowest BCUT2D eigenvalue weighted by molar-refractivity contribution is -0.122. The van der Waals surface area contributed by atoms with Crippen molar-refractivity contribution in [1.82, 2.24) is 14.6 Å². The summed E-state index contributed by atoms with van der Waals surface area (Å²) in [5, 5.41) is 2.57. The summed E-state index contributed by atoms with van der Waals surface area (Å²) in [7, 11) is -3.82. The van der Waals surface area contributed by atoms with Gasteiger partial charge in [0.25, 0.3) is 0 Å². The first kappa shape index (κ1) is 14.2. The zero-order valence-corrected chi connectivity index (χ0v) is 12.2. The minimum atomic E-state index is -3.82. The van der Waals surface area contributed by atoms with Crippen LogP contribution in [0.4, 0.5) is 5.82 Å². The van der Waals surface area contributed by atoms with Crippen molar-refractivity contribution in [3.63, 3.8) is 0 Å². The minimum Gasteiger partial charge on any atom is -0.354 e. The van der Waals surface area contributed by atoms with Gasteiger partial charge in [-0.1, -0.05) is 0 Å². The number of piperazine rings is 1. The molecule has 1 amide bonds. The first-order valence-corrected chi connectivity index (χ1v) is 7.57. The third-order valence-corrected chi connectivity index (χ3v) is 4.87. The van der Waals surface area contributed by atoms with E-state index in [-0.39, 0.29) is 36.3 Å². The van der Waals surface area contributed by atoms with Gasteiger partial charge in [0.15, 0.2) is 5.82 Å². The molecule has 0 aromatic carbocycles. The maximum Gasteiger partial charge on any atom is 0.247 e. The van der Waals surface area contributed by atoms with Gasteiger partial charge in [-0.25, -0.2) is 19.2 Å². The molecular formula is C9H12BrN5O3S. The number of nitrogens with one attached hydrogen (secondary N) is 2. The van der Waals surface area contributed by atoms with Gasteiger partial charge in [0.2, 0.25) is 15.9 Å². The third kappa shape index (κ3) is 2.86. The second-order valence-corrected chi connectivity index (χ2v) is 6.66. The van der Waals surface area contributed by atoms with E-state index in [1.165, 1.54) is 12.3 Å². The fourth-order valence-corrected chi connectivity index (χ4v) is 3.70. The number of nitrogen functional groups attached to an aromatic ring is 1. The van der Waals surface area contributed by atoms with Gasteiger partial charge in [-0.2, -0.15) is 4.31 Å². The third-order valence-electron chi connectivity index (χ3n) is 2.58. The summed E-state index contributed by atoms with van der Waals surface area (Å²) in [5.41, 5.74) is 2.24. The molecule has 1 saturated heterocycles. The summed E-state index contributed by atoms with van der Waals surface area (Å²) >= 11 is 3.16. The summed E-state index contributed by atoms with van der Waals surface area (Å²) in [6.07, 6.45) is 1.43. The van der Waals surface area contributed by atoms with E-state index >= 15 is 0 Å². The summed E-state index contributed by atoms with van der Waals surface area (Å²) in [4.78, 5) is 15.1. The molecule has 0 spiro atoms. The number of sulfonamides is 1. The summed E-state index contributed by atoms with van der Waals surface area (Å²) in [6, 6.07) is 1.39. The van der Waals surface area contributed by atoms with Gasteiger partial charge in [-0.05, 0) is 22.0 Å². The number of aromatic nitrogens is 1. The van der Waals surface area contributed by atoms with E-state index in [2.05, 4.69) is 31.7 Å². The zero-order chi connectivity index (χ0) is 14.0. The number of hydrogen-bond acceptors (Lipinski definition) is 6. The first-order valence-electron chi connectivity index (χ1n) is 5.34. The van der Waals surface area contributed by atoms with E-state index in [9.17, 15) is 13.2 Å². The van der Waals surface area contributed by atoms with Crippen molar-refractivity contribution >= 4 is 37.7 Å². The molecule has 0 bridgehead atoms. The van der Waals surface area contributed by atoms with Crippen LogP contribution in [0.5, 0.6) is 0 Å². The fourth-order valence-electron chi connectivity index (χ4n) is 1.69. The summed E-state index contributed by atoms with van der Waals surface area (Å²) in [6.45, 7) is 0.286. The lowest BCUT2D eigenvalue weighted by Gasteiger charge is -2.26.